The second kappa shape index (κ2) is 11.8. The number of hydrogen-bond donors (Lipinski definition) is 0. The Bertz CT molecular complexity index is 3750. The van der Waals surface area contributed by atoms with Crippen LogP contribution in [0.4, 0.5) is 0 Å². The fraction of sp³-hybridized carbons (Fsp3) is 0.0526. The highest BCUT2D eigenvalue weighted by Crippen LogP contribution is 2.52. The van der Waals surface area contributed by atoms with E-state index in [9.17, 15) is 0 Å². The number of para-hydroxylation sites is 3. The Labute approximate surface area is 341 Å². The molecule has 0 saturated heterocycles. The summed E-state index contributed by atoms with van der Waals surface area (Å²) in [6, 6.07) is 72.3. The van der Waals surface area contributed by atoms with Crippen LogP contribution in [-0.4, -0.2) is 9.13 Å². The van der Waals surface area contributed by atoms with E-state index in [0.29, 0.717) is 0 Å². The first-order valence-electron chi connectivity index (χ1n) is 20.7. The lowest BCUT2D eigenvalue weighted by molar-refractivity contribution is 0.661. The van der Waals surface area contributed by atoms with Gasteiger partial charge in [0.2, 0.25) is 0 Å². The molecule has 1 aliphatic rings. The van der Waals surface area contributed by atoms with E-state index in [2.05, 4.69) is 217 Å². The van der Waals surface area contributed by atoms with Gasteiger partial charge in [-0.1, -0.05) is 135 Å². The highest BCUT2D eigenvalue weighted by atomic mass is 15.0. The Morgan fingerprint density at radius 3 is 1.31 bits per heavy atom. The Morgan fingerprint density at radius 1 is 0.288 bits per heavy atom. The van der Waals surface area contributed by atoms with Gasteiger partial charge in [0.05, 0.1) is 22.1 Å². The summed E-state index contributed by atoms with van der Waals surface area (Å²) in [7, 11) is 0. The van der Waals surface area contributed by atoms with Crippen molar-refractivity contribution in [2.45, 2.75) is 19.3 Å². The van der Waals surface area contributed by atoms with E-state index in [1.807, 2.05) is 0 Å². The zero-order valence-corrected chi connectivity index (χ0v) is 32.9. The topological polar surface area (TPSA) is 9.86 Å². The Hall–Kier alpha value is -7.42. The van der Waals surface area contributed by atoms with Gasteiger partial charge in [-0.3, -0.25) is 0 Å². The van der Waals surface area contributed by atoms with Crippen LogP contribution >= 0.6 is 0 Å². The van der Waals surface area contributed by atoms with Crippen LogP contribution in [0.2, 0.25) is 0 Å². The van der Waals surface area contributed by atoms with E-state index in [1.54, 1.807) is 0 Å². The predicted molar refractivity (Wildman–Crippen MR) is 251 cm³/mol. The maximum absolute atomic E-state index is 2.50. The second-order valence-corrected chi connectivity index (χ2v) is 16.9. The number of benzene rings is 10. The smallest absolute Gasteiger partial charge is 0.0541 e. The third kappa shape index (κ3) is 4.46. The molecule has 2 heteroatoms. The number of fused-ring (bicyclic) bond motifs is 15. The van der Waals surface area contributed by atoms with Crippen molar-refractivity contribution >= 4 is 75.9 Å². The van der Waals surface area contributed by atoms with Gasteiger partial charge in [0.1, 0.15) is 0 Å². The summed E-state index contributed by atoms with van der Waals surface area (Å²) in [4.78, 5) is 0. The molecule has 2 heterocycles. The van der Waals surface area contributed by atoms with Crippen molar-refractivity contribution in [3.8, 4) is 33.6 Å². The molecule has 2 aromatic heterocycles. The van der Waals surface area contributed by atoms with E-state index in [-0.39, 0.29) is 5.41 Å². The zero-order valence-electron chi connectivity index (χ0n) is 32.9. The van der Waals surface area contributed by atoms with Crippen molar-refractivity contribution in [3.05, 3.63) is 205 Å². The minimum absolute atomic E-state index is 0.131. The minimum atomic E-state index is -0.131. The maximum atomic E-state index is 2.50. The van der Waals surface area contributed by atoms with E-state index >= 15 is 0 Å². The SMILES string of the molecule is CC1(C)c2ccc(-n3c4ccccc4c4cc(-c5ccc6c(c5)c5ccccc5n6-c5ccccc5)ccc43)cc2-c2cc3c4ccccc4c4ccccc4c3cc21. The molecule has 0 N–H and O–H groups in total. The predicted octanol–water partition coefficient (Wildman–Crippen LogP) is 15.3. The first kappa shape index (κ1) is 32.6. The molecule has 0 spiro atoms. The molecule has 0 aliphatic heterocycles. The average molecular weight is 751 g/mol. The number of rotatable bonds is 3. The Kier molecular flexibility index (Phi) is 6.54. The van der Waals surface area contributed by atoms with Gasteiger partial charge in [-0.05, 0) is 138 Å². The summed E-state index contributed by atoms with van der Waals surface area (Å²) >= 11 is 0. The monoisotopic (exact) mass is 750 g/mol. The van der Waals surface area contributed by atoms with Gasteiger partial charge in [-0.2, -0.15) is 0 Å². The zero-order chi connectivity index (χ0) is 39.0. The molecule has 0 amide bonds. The van der Waals surface area contributed by atoms with Crippen molar-refractivity contribution in [3.63, 3.8) is 0 Å². The molecular weight excluding hydrogens is 713 g/mol. The van der Waals surface area contributed by atoms with Crippen LogP contribution < -0.4 is 0 Å². The molecule has 276 valence electrons. The van der Waals surface area contributed by atoms with E-state index in [1.165, 1.54) is 121 Å². The molecule has 13 rings (SSSR count). The number of hydrogen-bond acceptors (Lipinski definition) is 0. The molecule has 0 saturated carbocycles. The number of aromatic nitrogens is 2. The fourth-order valence-corrected chi connectivity index (χ4v) is 10.7. The highest BCUT2D eigenvalue weighted by molar-refractivity contribution is 6.26. The van der Waals surface area contributed by atoms with E-state index in [0.717, 1.165) is 0 Å². The third-order valence-electron chi connectivity index (χ3n) is 13.5. The first-order chi connectivity index (χ1) is 29.0. The molecule has 10 aromatic carbocycles. The van der Waals surface area contributed by atoms with Crippen molar-refractivity contribution < 1.29 is 0 Å². The van der Waals surface area contributed by atoms with Gasteiger partial charge >= 0.3 is 0 Å². The van der Waals surface area contributed by atoms with Crippen LogP contribution in [0.1, 0.15) is 25.0 Å². The lowest BCUT2D eigenvalue weighted by Gasteiger charge is -2.22. The van der Waals surface area contributed by atoms with E-state index < -0.39 is 0 Å². The lowest BCUT2D eigenvalue weighted by atomic mass is 9.81. The summed E-state index contributed by atoms with van der Waals surface area (Å²) < 4.78 is 4.86. The van der Waals surface area contributed by atoms with Crippen molar-refractivity contribution in [1.82, 2.24) is 9.13 Å². The molecule has 0 fully saturated rings. The molecule has 0 radical (unpaired) electrons. The standard InChI is InChI=1S/C57H38N2/c1-57(2)51-27-26-38(32-47(51)48-33-45-41-18-8-6-16-39(41)40-17-7-9-19-42(40)46(45)34-52(48)57)59-54-23-13-11-21-44(54)50-31-36(25-29-56(50)59)35-24-28-55-49(30-35)43-20-10-12-22-53(43)58(55)37-14-4-3-5-15-37/h3-34H,1-2H3. The summed E-state index contributed by atoms with van der Waals surface area (Å²) in [5.74, 6) is 0. The summed E-state index contributed by atoms with van der Waals surface area (Å²) in [6.45, 7) is 4.79. The van der Waals surface area contributed by atoms with Gasteiger partial charge < -0.3 is 9.13 Å². The molecular formula is C57H38N2. The molecule has 0 atom stereocenters. The lowest BCUT2D eigenvalue weighted by Crippen LogP contribution is -2.15. The Morgan fingerprint density at radius 2 is 0.729 bits per heavy atom. The molecule has 0 bridgehead atoms. The summed E-state index contributed by atoms with van der Waals surface area (Å²) in [5.41, 5.74) is 15.0. The fourth-order valence-electron chi connectivity index (χ4n) is 10.7. The van der Waals surface area contributed by atoms with Crippen LogP contribution in [0.25, 0.3) is 110 Å². The molecule has 12 aromatic rings. The van der Waals surface area contributed by atoms with Gasteiger partial charge in [0, 0.05) is 38.3 Å². The highest BCUT2D eigenvalue weighted by Gasteiger charge is 2.36. The molecule has 0 unspecified atom stereocenters. The maximum Gasteiger partial charge on any atom is 0.0541 e. The third-order valence-corrected chi connectivity index (χ3v) is 13.5. The van der Waals surface area contributed by atoms with Gasteiger partial charge in [0.25, 0.3) is 0 Å². The van der Waals surface area contributed by atoms with Crippen LogP contribution in [0, 0.1) is 0 Å². The normalized spacial score (nSPS) is 13.4. The van der Waals surface area contributed by atoms with Gasteiger partial charge in [-0.15, -0.1) is 0 Å². The van der Waals surface area contributed by atoms with Gasteiger partial charge in [0.15, 0.2) is 0 Å². The van der Waals surface area contributed by atoms with Crippen molar-refractivity contribution in [2.75, 3.05) is 0 Å². The van der Waals surface area contributed by atoms with Crippen LogP contribution in [0.5, 0.6) is 0 Å². The molecule has 1 aliphatic carbocycles. The van der Waals surface area contributed by atoms with E-state index in [4.69, 9.17) is 0 Å². The van der Waals surface area contributed by atoms with Gasteiger partial charge in [-0.25, -0.2) is 0 Å². The largest absolute Gasteiger partial charge is 0.309 e. The first-order valence-corrected chi connectivity index (χ1v) is 20.7. The second-order valence-electron chi connectivity index (χ2n) is 16.9. The molecule has 59 heavy (non-hydrogen) atoms. The van der Waals surface area contributed by atoms with Crippen LogP contribution in [0.3, 0.4) is 0 Å². The van der Waals surface area contributed by atoms with Crippen LogP contribution in [0.15, 0.2) is 194 Å². The Balaban J connectivity index is 0.990. The quantitative estimate of drug-likeness (QED) is 0.159. The summed E-state index contributed by atoms with van der Waals surface area (Å²) in [6.07, 6.45) is 0. The van der Waals surface area contributed by atoms with Crippen molar-refractivity contribution in [2.24, 2.45) is 0 Å². The summed E-state index contributed by atoms with van der Waals surface area (Å²) in [5, 5.41) is 13.0. The van der Waals surface area contributed by atoms with Crippen molar-refractivity contribution in [1.29, 1.82) is 0 Å². The molecule has 2 nitrogen and oxygen atoms in total. The van der Waals surface area contributed by atoms with Crippen LogP contribution in [-0.2, 0) is 5.41 Å². The number of nitrogens with zero attached hydrogens (tertiary/aromatic N) is 2. The minimum Gasteiger partial charge on any atom is -0.309 e. The average Bonchev–Trinajstić information content (AvgIpc) is 3.88.